The molecule has 0 bridgehead atoms. The van der Waals surface area contributed by atoms with Crippen molar-refractivity contribution in [2.24, 2.45) is 5.92 Å². The summed E-state index contributed by atoms with van der Waals surface area (Å²) in [6.07, 6.45) is 3.94. The number of carbonyl (C=O) groups is 2. The van der Waals surface area contributed by atoms with E-state index in [2.05, 4.69) is 15.6 Å². The van der Waals surface area contributed by atoms with Crippen molar-refractivity contribution in [1.82, 2.24) is 15.2 Å². The molecular weight excluding hydrogens is 312 g/mol. The highest BCUT2D eigenvalue weighted by molar-refractivity contribution is 5.87. The minimum Gasteiger partial charge on any atom is -0.480 e. The summed E-state index contributed by atoms with van der Waals surface area (Å²) in [6.45, 7) is 4.54. The maximum absolute atomic E-state index is 11.9. The molecular formula is C16H24N4O4. The van der Waals surface area contributed by atoms with Crippen LogP contribution in [0.1, 0.15) is 37.1 Å². The van der Waals surface area contributed by atoms with Crippen LogP contribution in [-0.2, 0) is 4.79 Å². The minimum atomic E-state index is -0.792. The van der Waals surface area contributed by atoms with Crippen molar-refractivity contribution >= 4 is 18.0 Å². The third-order valence-corrected chi connectivity index (χ3v) is 4.74. The van der Waals surface area contributed by atoms with Crippen LogP contribution in [0, 0.1) is 19.8 Å². The number of rotatable bonds is 7. The summed E-state index contributed by atoms with van der Waals surface area (Å²) in [6, 6.07) is 0.146. The molecule has 1 aromatic rings. The molecule has 8 nitrogen and oxygen atoms in total. The summed E-state index contributed by atoms with van der Waals surface area (Å²) in [5, 5.41) is 14.5. The average Bonchev–Trinajstić information content (AvgIpc) is 3.19. The Morgan fingerprint density at radius 3 is 2.58 bits per heavy atom. The number of hydrogen-bond donors (Lipinski definition) is 3. The normalized spacial score (nSPS) is 23.0. The van der Waals surface area contributed by atoms with E-state index < -0.39 is 5.97 Å². The predicted molar refractivity (Wildman–Crippen MR) is 86.9 cm³/mol. The lowest BCUT2D eigenvalue weighted by molar-refractivity contribution is -0.139. The molecule has 24 heavy (non-hydrogen) atoms. The second-order valence-corrected chi connectivity index (χ2v) is 6.85. The van der Waals surface area contributed by atoms with Crippen molar-refractivity contribution in [3.63, 3.8) is 0 Å². The number of aromatic nitrogens is 1. The van der Waals surface area contributed by atoms with Crippen LogP contribution in [0.2, 0.25) is 0 Å². The third kappa shape index (κ3) is 4.25. The van der Waals surface area contributed by atoms with Gasteiger partial charge in [0.05, 0.1) is 12.2 Å². The largest absolute Gasteiger partial charge is 0.480 e. The lowest BCUT2D eigenvalue weighted by Crippen LogP contribution is -2.55. The smallest absolute Gasteiger partial charge is 0.323 e. The van der Waals surface area contributed by atoms with E-state index in [0.29, 0.717) is 11.7 Å². The van der Waals surface area contributed by atoms with Crippen LogP contribution in [0.15, 0.2) is 4.42 Å². The van der Waals surface area contributed by atoms with E-state index in [1.165, 1.54) is 12.8 Å². The zero-order valence-electron chi connectivity index (χ0n) is 14.0. The molecule has 8 heteroatoms. The molecule has 0 aromatic carbocycles. The summed E-state index contributed by atoms with van der Waals surface area (Å²) in [5.74, 6) is 0.536. The first-order valence-electron chi connectivity index (χ1n) is 8.38. The van der Waals surface area contributed by atoms with Crippen molar-refractivity contribution in [2.75, 3.05) is 18.4 Å². The number of hydrogen-bond acceptors (Lipinski definition) is 5. The molecule has 2 fully saturated rings. The van der Waals surface area contributed by atoms with Gasteiger partial charge in [0.1, 0.15) is 5.76 Å². The maximum atomic E-state index is 11.9. The highest BCUT2D eigenvalue weighted by atomic mass is 16.4. The van der Waals surface area contributed by atoms with Gasteiger partial charge in [-0.05, 0) is 45.4 Å². The fourth-order valence-corrected chi connectivity index (χ4v) is 3.00. The Balaban J connectivity index is 1.43. The highest BCUT2D eigenvalue weighted by Crippen LogP contribution is 2.33. The Morgan fingerprint density at radius 2 is 2.04 bits per heavy atom. The molecule has 3 N–H and O–H groups in total. The number of amides is 2. The van der Waals surface area contributed by atoms with Crippen LogP contribution in [0.3, 0.4) is 0 Å². The number of nitrogens with one attached hydrogen (secondary N) is 2. The quantitative estimate of drug-likeness (QED) is 0.700. The number of aryl methyl sites for hydroxylation is 2. The molecule has 2 amide bonds. The SMILES string of the molecule is Cc1nc(NC(=O)NC2CC(N(CC(=O)O)CC3CC3)C2)oc1C. The molecule has 3 rings (SSSR count). The number of anilines is 1. The molecule has 0 saturated heterocycles. The summed E-state index contributed by atoms with van der Waals surface area (Å²) in [7, 11) is 0. The molecule has 0 unspecified atom stereocenters. The maximum Gasteiger partial charge on any atom is 0.323 e. The van der Waals surface area contributed by atoms with E-state index in [1.807, 2.05) is 11.8 Å². The fraction of sp³-hybridized carbons (Fsp3) is 0.688. The van der Waals surface area contributed by atoms with Crippen LogP contribution >= 0.6 is 0 Å². The molecule has 2 aliphatic carbocycles. The number of nitrogens with zero attached hydrogens (tertiary/aromatic N) is 2. The molecule has 0 radical (unpaired) electrons. The van der Waals surface area contributed by atoms with Crippen LogP contribution in [0.5, 0.6) is 0 Å². The van der Waals surface area contributed by atoms with Gasteiger partial charge in [-0.2, -0.15) is 4.98 Å². The van der Waals surface area contributed by atoms with Crippen molar-refractivity contribution in [3.8, 4) is 0 Å². The van der Waals surface area contributed by atoms with Crippen LogP contribution in [-0.4, -0.2) is 52.2 Å². The standard InChI is InChI=1S/C16H24N4O4/c1-9-10(2)24-16(17-9)19-15(23)18-12-5-13(6-12)20(8-14(21)22)7-11-3-4-11/h11-13H,3-8H2,1-2H3,(H,21,22)(H2,17,18,19,23). The second-order valence-electron chi connectivity index (χ2n) is 6.85. The lowest BCUT2D eigenvalue weighted by Gasteiger charge is -2.42. The first kappa shape index (κ1) is 16.8. The van der Waals surface area contributed by atoms with Crippen molar-refractivity contribution in [2.45, 2.75) is 51.6 Å². The second kappa shape index (κ2) is 6.80. The van der Waals surface area contributed by atoms with Gasteiger partial charge < -0.3 is 14.8 Å². The van der Waals surface area contributed by atoms with Crippen molar-refractivity contribution in [1.29, 1.82) is 0 Å². The average molecular weight is 336 g/mol. The van der Waals surface area contributed by atoms with Crippen LogP contribution in [0.4, 0.5) is 10.8 Å². The van der Waals surface area contributed by atoms with Crippen LogP contribution in [0.25, 0.3) is 0 Å². The number of oxazole rings is 1. The Labute approximate surface area is 140 Å². The number of carboxylic acid groups (broad SMARTS) is 1. The van der Waals surface area contributed by atoms with E-state index in [9.17, 15) is 9.59 Å². The summed E-state index contributed by atoms with van der Waals surface area (Å²) >= 11 is 0. The first-order valence-corrected chi connectivity index (χ1v) is 8.38. The van der Waals surface area contributed by atoms with Gasteiger partial charge in [-0.3, -0.25) is 15.0 Å². The minimum absolute atomic E-state index is 0.0580. The van der Waals surface area contributed by atoms with E-state index in [4.69, 9.17) is 9.52 Å². The molecule has 132 valence electrons. The Morgan fingerprint density at radius 1 is 1.33 bits per heavy atom. The van der Waals surface area contributed by atoms with Crippen LogP contribution < -0.4 is 10.6 Å². The topological polar surface area (TPSA) is 108 Å². The van der Waals surface area contributed by atoms with E-state index in [-0.39, 0.29) is 30.7 Å². The van der Waals surface area contributed by atoms with E-state index in [0.717, 1.165) is 25.1 Å². The highest BCUT2D eigenvalue weighted by Gasteiger charge is 2.37. The lowest BCUT2D eigenvalue weighted by atomic mass is 9.85. The fourth-order valence-electron chi connectivity index (χ4n) is 3.00. The molecule has 2 aliphatic rings. The molecule has 1 aromatic heterocycles. The summed E-state index contributed by atoms with van der Waals surface area (Å²) < 4.78 is 5.32. The molecule has 2 saturated carbocycles. The van der Waals surface area contributed by atoms with Gasteiger partial charge in [0.15, 0.2) is 0 Å². The van der Waals surface area contributed by atoms with Gasteiger partial charge in [0, 0.05) is 18.6 Å². The van der Waals surface area contributed by atoms with Gasteiger partial charge >= 0.3 is 18.0 Å². The zero-order chi connectivity index (χ0) is 17.3. The van der Waals surface area contributed by atoms with E-state index >= 15 is 0 Å². The summed E-state index contributed by atoms with van der Waals surface area (Å²) in [4.78, 5) is 29.1. The van der Waals surface area contributed by atoms with Gasteiger partial charge in [0.25, 0.3) is 0 Å². The number of carboxylic acids is 1. The van der Waals surface area contributed by atoms with E-state index in [1.54, 1.807) is 6.92 Å². The first-order chi connectivity index (χ1) is 11.4. The van der Waals surface area contributed by atoms with Gasteiger partial charge in [-0.15, -0.1) is 0 Å². The van der Waals surface area contributed by atoms with Gasteiger partial charge in [-0.1, -0.05) is 0 Å². The number of urea groups is 1. The number of carbonyl (C=O) groups excluding carboxylic acids is 1. The monoisotopic (exact) mass is 336 g/mol. The summed E-state index contributed by atoms with van der Waals surface area (Å²) in [5.41, 5.74) is 0.749. The predicted octanol–water partition coefficient (Wildman–Crippen LogP) is 1.74. The number of aliphatic carboxylic acids is 1. The Kier molecular flexibility index (Phi) is 4.75. The molecule has 0 aliphatic heterocycles. The third-order valence-electron chi connectivity index (χ3n) is 4.74. The Bertz CT molecular complexity index is 600. The zero-order valence-corrected chi connectivity index (χ0v) is 14.0. The molecule has 1 heterocycles. The van der Waals surface area contributed by atoms with Crippen molar-refractivity contribution < 1.29 is 19.1 Å². The van der Waals surface area contributed by atoms with Gasteiger partial charge in [-0.25, -0.2) is 4.79 Å². The molecule has 0 spiro atoms. The Hall–Kier alpha value is -2.09. The van der Waals surface area contributed by atoms with Crippen molar-refractivity contribution in [3.05, 3.63) is 11.5 Å². The van der Waals surface area contributed by atoms with Gasteiger partial charge in [0.2, 0.25) is 0 Å². The molecule has 0 atom stereocenters.